The number of halogens is 1. The Kier molecular flexibility index (Phi) is 5.08. The molecule has 1 fully saturated rings. The molecule has 5 nitrogen and oxygen atoms in total. The molecule has 128 valence electrons. The molecule has 0 atom stereocenters. The van der Waals surface area contributed by atoms with Crippen LogP contribution in [0.3, 0.4) is 0 Å². The molecule has 1 aromatic carbocycles. The van der Waals surface area contributed by atoms with E-state index in [-0.39, 0.29) is 11.8 Å². The quantitative estimate of drug-likeness (QED) is 0.861. The number of aromatic nitrogens is 2. The number of rotatable bonds is 6. The van der Waals surface area contributed by atoms with Crippen LogP contribution in [0.4, 0.5) is 14.3 Å². The zero-order valence-electron chi connectivity index (χ0n) is 13.8. The lowest BCUT2D eigenvalue weighted by Crippen LogP contribution is -2.39. The fourth-order valence-electron chi connectivity index (χ4n) is 2.54. The van der Waals surface area contributed by atoms with Crippen molar-refractivity contribution in [1.29, 1.82) is 0 Å². The van der Waals surface area contributed by atoms with Gasteiger partial charge in [-0.3, -0.25) is 5.32 Å². The topological polar surface area (TPSA) is 58.1 Å². The molecule has 1 aliphatic carbocycles. The lowest BCUT2D eigenvalue weighted by Gasteiger charge is -2.23. The van der Waals surface area contributed by atoms with Gasteiger partial charge in [-0.15, -0.1) is 10.2 Å². The molecule has 0 saturated heterocycles. The van der Waals surface area contributed by atoms with Crippen LogP contribution in [-0.4, -0.2) is 33.7 Å². The fraction of sp³-hybridized carbons (Fsp3) is 0.471. The largest absolute Gasteiger partial charge is 0.323 e. The second-order valence-corrected chi connectivity index (χ2v) is 7.58. The molecule has 3 rings (SSSR count). The molecular weight excluding hydrogens is 327 g/mol. The highest BCUT2D eigenvalue weighted by atomic mass is 32.1. The van der Waals surface area contributed by atoms with E-state index in [0.29, 0.717) is 23.5 Å². The summed E-state index contributed by atoms with van der Waals surface area (Å²) in [5, 5.41) is 12.2. The minimum absolute atomic E-state index is 0.111. The number of urea groups is 1. The first-order chi connectivity index (χ1) is 11.5. The Balaban J connectivity index is 1.61. The van der Waals surface area contributed by atoms with Crippen LogP contribution in [0.15, 0.2) is 24.3 Å². The van der Waals surface area contributed by atoms with Gasteiger partial charge < -0.3 is 4.90 Å². The monoisotopic (exact) mass is 348 g/mol. The highest BCUT2D eigenvalue weighted by Gasteiger charge is 2.33. The molecule has 0 spiro atoms. The molecular formula is C17H21FN4OS. The van der Waals surface area contributed by atoms with Gasteiger partial charge in [0.05, 0.1) is 0 Å². The van der Waals surface area contributed by atoms with Crippen LogP contribution in [0.5, 0.6) is 0 Å². The predicted octanol–water partition coefficient (Wildman–Crippen LogP) is 3.92. The Bertz CT molecular complexity index is 714. The zero-order valence-corrected chi connectivity index (χ0v) is 14.6. The molecule has 1 aromatic heterocycles. The maximum absolute atomic E-state index is 13.2. The zero-order chi connectivity index (χ0) is 17.1. The first-order valence-electron chi connectivity index (χ1n) is 8.15. The van der Waals surface area contributed by atoms with Crippen molar-refractivity contribution < 1.29 is 9.18 Å². The number of carbonyl (C=O) groups excluding carboxylic acids is 1. The average molecular weight is 348 g/mol. The maximum Gasteiger partial charge on any atom is 0.323 e. The van der Waals surface area contributed by atoms with Crippen LogP contribution in [0.2, 0.25) is 0 Å². The second kappa shape index (κ2) is 7.25. The average Bonchev–Trinajstić information content (AvgIpc) is 3.26. The maximum atomic E-state index is 13.2. The summed E-state index contributed by atoms with van der Waals surface area (Å²) in [7, 11) is 0. The molecule has 0 unspecified atom stereocenters. The van der Waals surface area contributed by atoms with Crippen molar-refractivity contribution in [1.82, 2.24) is 15.1 Å². The van der Waals surface area contributed by atoms with Gasteiger partial charge in [0.15, 0.2) is 0 Å². The van der Waals surface area contributed by atoms with E-state index >= 15 is 0 Å². The first-order valence-corrected chi connectivity index (χ1v) is 8.97. The summed E-state index contributed by atoms with van der Waals surface area (Å²) >= 11 is 1.33. The van der Waals surface area contributed by atoms with Crippen molar-refractivity contribution in [2.45, 2.75) is 39.2 Å². The van der Waals surface area contributed by atoms with Gasteiger partial charge in [-0.25, -0.2) is 9.18 Å². The van der Waals surface area contributed by atoms with Crippen molar-refractivity contribution in [3.63, 3.8) is 0 Å². The number of nitrogens with zero attached hydrogens (tertiary/aromatic N) is 3. The first kappa shape index (κ1) is 16.8. The van der Waals surface area contributed by atoms with Gasteiger partial charge in [0, 0.05) is 19.0 Å². The van der Waals surface area contributed by atoms with Crippen molar-refractivity contribution in [3.05, 3.63) is 40.7 Å². The van der Waals surface area contributed by atoms with Crippen LogP contribution in [-0.2, 0) is 6.42 Å². The van der Waals surface area contributed by atoms with Gasteiger partial charge in [0.25, 0.3) is 0 Å². The molecule has 2 amide bonds. The summed E-state index contributed by atoms with van der Waals surface area (Å²) in [6, 6.07) is 6.66. The lowest BCUT2D eigenvalue weighted by molar-refractivity contribution is 0.201. The Morgan fingerprint density at radius 2 is 2.21 bits per heavy atom. The van der Waals surface area contributed by atoms with Crippen molar-refractivity contribution in [3.8, 4) is 0 Å². The van der Waals surface area contributed by atoms with Gasteiger partial charge in [-0.2, -0.15) is 0 Å². The van der Waals surface area contributed by atoms with E-state index in [2.05, 4.69) is 29.4 Å². The molecule has 1 saturated carbocycles. The number of hydrogen-bond acceptors (Lipinski definition) is 4. The summed E-state index contributed by atoms with van der Waals surface area (Å²) in [4.78, 5) is 14.3. The van der Waals surface area contributed by atoms with Gasteiger partial charge in [0.1, 0.15) is 10.8 Å². The normalized spacial score (nSPS) is 14.0. The molecule has 0 radical (unpaired) electrons. The number of amides is 2. The van der Waals surface area contributed by atoms with Gasteiger partial charge in [-0.1, -0.05) is 37.3 Å². The van der Waals surface area contributed by atoms with Crippen LogP contribution < -0.4 is 5.32 Å². The van der Waals surface area contributed by atoms with E-state index in [1.54, 1.807) is 6.07 Å². The molecule has 0 aliphatic heterocycles. The highest BCUT2D eigenvalue weighted by molar-refractivity contribution is 7.15. The standard InChI is InChI=1S/C17H21FN4OS/c1-11(2)10-22(14-6-7-14)17(23)19-16-21-20-15(24-16)9-12-4-3-5-13(18)8-12/h3-5,8,11,14H,6-7,9-10H2,1-2H3,(H,19,21,23). The molecule has 1 N–H and O–H groups in total. The van der Waals surface area contributed by atoms with Crippen molar-refractivity contribution >= 4 is 22.5 Å². The molecule has 0 bridgehead atoms. The van der Waals surface area contributed by atoms with E-state index < -0.39 is 0 Å². The lowest BCUT2D eigenvalue weighted by atomic mass is 10.1. The molecule has 24 heavy (non-hydrogen) atoms. The van der Waals surface area contributed by atoms with E-state index in [1.165, 1.54) is 23.5 Å². The highest BCUT2D eigenvalue weighted by Crippen LogP contribution is 2.28. The smallest absolute Gasteiger partial charge is 0.321 e. The third-order valence-corrected chi connectivity index (χ3v) is 4.57. The third kappa shape index (κ3) is 4.50. The van der Waals surface area contributed by atoms with Crippen LogP contribution in [0, 0.1) is 11.7 Å². The number of anilines is 1. The minimum Gasteiger partial charge on any atom is -0.321 e. The van der Waals surface area contributed by atoms with Gasteiger partial charge >= 0.3 is 6.03 Å². The number of nitrogens with one attached hydrogen (secondary N) is 1. The molecule has 2 aromatic rings. The summed E-state index contributed by atoms with van der Waals surface area (Å²) in [6.07, 6.45) is 2.64. The van der Waals surface area contributed by atoms with Crippen LogP contribution >= 0.6 is 11.3 Å². The fourth-order valence-corrected chi connectivity index (χ4v) is 3.30. The van der Waals surface area contributed by atoms with Crippen molar-refractivity contribution in [2.24, 2.45) is 5.92 Å². The summed E-state index contributed by atoms with van der Waals surface area (Å²) in [5.41, 5.74) is 0.837. The van der Waals surface area contributed by atoms with E-state index in [1.807, 2.05) is 11.0 Å². The SMILES string of the molecule is CC(C)CN(C(=O)Nc1nnc(Cc2cccc(F)c2)s1)C1CC1. The van der Waals surface area contributed by atoms with E-state index in [9.17, 15) is 9.18 Å². The molecule has 1 aliphatic rings. The Labute approximate surface area is 144 Å². The minimum atomic E-state index is -0.265. The number of hydrogen-bond donors (Lipinski definition) is 1. The number of benzene rings is 1. The molecule has 1 heterocycles. The van der Waals surface area contributed by atoms with Crippen LogP contribution in [0.1, 0.15) is 37.3 Å². The third-order valence-electron chi connectivity index (χ3n) is 3.74. The molecule has 7 heteroatoms. The Hall–Kier alpha value is -2.02. The second-order valence-electron chi connectivity index (χ2n) is 6.52. The Morgan fingerprint density at radius 3 is 2.88 bits per heavy atom. The summed E-state index contributed by atoms with van der Waals surface area (Å²) in [6.45, 7) is 4.95. The Morgan fingerprint density at radius 1 is 1.42 bits per heavy atom. The summed E-state index contributed by atoms with van der Waals surface area (Å²) in [5.74, 6) is 0.161. The summed E-state index contributed by atoms with van der Waals surface area (Å²) < 4.78 is 13.2. The van der Waals surface area contributed by atoms with Gasteiger partial charge in [-0.05, 0) is 36.5 Å². The number of carbonyl (C=O) groups is 1. The van der Waals surface area contributed by atoms with E-state index in [4.69, 9.17) is 0 Å². The van der Waals surface area contributed by atoms with Crippen molar-refractivity contribution in [2.75, 3.05) is 11.9 Å². The van der Waals surface area contributed by atoms with Gasteiger partial charge in [0.2, 0.25) is 5.13 Å². The van der Waals surface area contributed by atoms with Crippen LogP contribution in [0.25, 0.3) is 0 Å². The predicted molar refractivity (Wildman–Crippen MR) is 92.7 cm³/mol. The van der Waals surface area contributed by atoms with E-state index in [0.717, 1.165) is 30.0 Å².